The zero-order valence-electron chi connectivity index (χ0n) is 14.1. The Balaban J connectivity index is 1.50. The summed E-state index contributed by atoms with van der Waals surface area (Å²) >= 11 is 1.71. The van der Waals surface area contributed by atoms with E-state index in [0.29, 0.717) is 5.82 Å². The van der Waals surface area contributed by atoms with Gasteiger partial charge in [0.25, 0.3) is 0 Å². The minimum absolute atomic E-state index is 0.0277. The Kier molecular flexibility index (Phi) is 4.36. The van der Waals surface area contributed by atoms with E-state index in [1.54, 1.807) is 17.5 Å². The first-order chi connectivity index (χ1) is 12.2. The van der Waals surface area contributed by atoms with Crippen LogP contribution in [0, 0.1) is 12.8 Å². The number of thiophene rings is 1. The zero-order chi connectivity index (χ0) is 17.2. The molecule has 1 fully saturated rings. The topological polar surface area (TPSA) is 58.1 Å². The van der Waals surface area contributed by atoms with Crippen LogP contribution in [0.15, 0.2) is 42.0 Å². The Hall–Kier alpha value is -2.47. The van der Waals surface area contributed by atoms with Crippen LogP contribution >= 0.6 is 11.3 Å². The van der Waals surface area contributed by atoms with Gasteiger partial charge in [0.2, 0.25) is 5.91 Å². The fourth-order valence-electron chi connectivity index (χ4n) is 3.29. The SMILES string of the molecule is Cc1ccc(NC(=O)C2CCCN(c3ccnc4ccsc34)C2)nc1. The zero-order valence-corrected chi connectivity index (χ0v) is 14.9. The molecule has 0 radical (unpaired) electrons. The van der Waals surface area contributed by atoms with E-state index in [-0.39, 0.29) is 11.8 Å². The molecular formula is C19H20N4OS. The predicted molar refractivity (Wildman–Crippen MR) is 102 cm³/mol. The van der Waals surface area contributed by atoms with Crippen molar-refractivity contribution in [3.63, 3.8) is 0 Å². The second kappa shape index (κ2) is 6.80. The monoisotopic (exact) mass is 352 g/mol. The van der Waals surface area contributed by atoms with Gasteiger partial charge in [0.1, 0.15) is 5.82 Å². The highest BCUT2D eigenvalue weighted by Crippen LogP contribution is 2.32. The van der Waals surface area contributed by atoms with E-state index in [1.807, 2.05) is 31.3 Å². The lowest BCUT2D eigenvalue weighted by molar-refractivity contribution is -0.120. The molecule has 3 aromatic heterocycles. The van der Waals surface area contributed by atoms with Gasteiger partial charge in [-0.25, -0.2) is 4.98 Å². The molecule has 25 heavy (non-hydrogen) atoms. The second-order valence-electron chi connectivity index (χ2n) is 6.46. The molecule has 1 atom stereocenters. The minimum Gasteiger partial charge on any atom is -0.369 e. The van der Waals surface area contributed by atoms with Gasteiger partial charge in [-0.1, -0.05) is 6.07 Å². The van der Waals surface area contributed by atoms with Crippen LogP contribution in [0.2, 0.25) is 0 Å². The van der Waals surface area contributed by atoms with E-state index >= 15 is 0 Å². The van der Waals surface area contributed by atoms with Gasteiger partial charge in [-0.05, 0) is 48.9 Å². The van der Waals surface area contributed by atoms with Gasteiger partial charge in [0.05, 0.1) is 21.8 Å². The Morgan fingerprint density at radius 1 is 1.28 bits per heavy atom. The maximum Gasteiger partial charge on any atom is 0.230 e. The molecule has 4 heterocycles. The van der Waals surface area contributed by atoms with Crippen molar-refractivity contribution in [3.8, 4) is 0 Å². The van der Waals surface area contributed by atoms with Crippen molar-refractivity contribution in [2.45, 2.75) is 19.8 Å². The summed E-state index contributed by atoms with van der Waals surface area (Å²) in [5.41, 5.74) is 3.29. The van der Waals surface area contributed by atoms with Crippen molar-refractivity contribution >= 4 is 39.0 Å². The number of hydrogen-bond acceptors (Lipinski definition) is 5. The van der Waals surface area contributed by atoms with Gasteiger partial charge in [0, 0.05) is 25.5 Å². The third-order valence-corrected chi connectivity index (χ3v) is 5.54. The summed E-state index contributed by atoms with van der Waals surface area (Å²) < 4.78 is 1.20. The summed E-state index contributed by atoms with van der Waals surface area (Å²) in [5, 5.41) is 5.02. The van der Waals surface area contributed by atoms with Crippen LogP contribution in [0.5, 0.6) is 0 Å². The fourth-order valence-corrected chi connectivity index (χ4v) is 4.18. The molecule has 128 valence electrons. The Morgan fingerprint density at radius 2 is 2.20 bits per heavy atom. The number of nitrogens with one attached hydrogen (secondary N) is 1. The number of fused-ring (bicyclic) bond motifs is 1. The van der Waals surface area contributed by atoms with Crippen molar-refractivity contribution < 1.29 is 4.79 Å². The fraction of sp³-hybridized carbons (Fsp3) is 0.316. The van der Waals surface area contributed by atoms with E-state index < -0.39 is 0 Å². The lowest BCUT2D eigenvalue weighted by atomic mass is 9.96. The molecule has 0 aliphatic carbocycles. The molecule has 1 saturated heterocycles. The van der Waals surface area contributed by atoms with Crippen molar-refractivity contribution in [3.05, 3.63) is 47.6 Å². The number of aromatic nitrogens is 2. The number of rotatable bonds is 3. The van der Waals surface area contributed by atoms with Crippen molar-refractivity contribution in [1.82, 2.24) is 9.97 Å². The lowest BCUT2D eigenvalue weighted by Crippen LogP contribution is -2.40. The van der Waals surface area contributed by atoms with Gasteiger partial charge >= 0.3 is 0 Å². The van der Waals surface area contributed by atoms with Gasteiger partial charge in [-0.15, -0.1) is 11.3 Å². The maximum absolute atomic E-state index is 12.7. The van der Waals surface area contributed by atoms with E-state index in [9.17, 15) is 4.79 Å². The van der Waals surface area contributed by atoms with Crippen LogP contribution in [0.4, 0.5) is 11.5 Å². The number of anilines is 2. The predicted octanol–water partition coefficient (Wildman–Crippen LogP) is 3.85. The number of carbonyl (C=O) groups is 1. The Bertz CT molecular complexity index is 890. The van der Waals surface area contributed by atoms with Gasteiger partial charge in [0.15, 0.2) is 0 Å². The smallest absolute Gasteiger partial charge is 0.230 e. The summed E-state index contributed by atoms with van der Waals surface area (Å²) in [4.78, 5) is 23.7. The molecule has 0 bridgehead atoms. The van der Waals surface area contributed by atoms with E-state index in [1.165, 1.54) is 10.4 Å². The van der Waals surface area contributed by atoms with E-state index in [4.69, 9.17) is 0 Å². The molecule has 3 aromatic rings. The highest BCUT2D eigenvalue weighted by Gasteiger charge is 2.27. The number of nitrogens with zero attached hydrogens (tertiary/aromatic N) is 3. The minimum atomic E-state index is -0.0277. The molecule has 4 rings (SSSR count). The average molecular weight is 352 g/mol. The summed E-state index contributed by atoms with van der Waals surface area (Å²) in [5.74, 6) is 0.648. The van der Waals surface area contributed by atoms with Crippen LogP contribution in [0.25, 0.3) is 10.2 Å². The molecular weight excluding hydrogens is 332 g/mol. The summed E-state index contributed by atoms with van der Waals surface area (Å²) in [6, 6.07) is 7.91. The van der Waals surface area contributed by atoms with Crippen LogP contribution in [-0.4, -0.2) is 29.0 Å². The molecule has 1 aliphatic heterocycles. The third-order valence-electron chi connectivity index (χ3n) is 4.62. The van der Waals surface area contributed by atoms with Crippen molar-refractivity contribution in [2.75, 3.05) is 23.3 Å². The summed E-state index contributed by atoms with van der Waals surface area (Å²) in [6.45, 7) is 3.69. The summed E-state index contributed by atoms with van der Waals surface area (Å²) in [6.07, 6.45) is 5.54. The van der Waals surface area contributed by atoms with E-state index in [2.05, 4.69) is 31.6 Å². The maximum atomic E-state index is 12.7. The lowest BCUT2D eigenvalue weighted by Gasteiger charge is -2.33. The summed E-state index contributed by atoms with van der Waals surface area (Å²) in [7, 11) is 0. The number of carbonyl (C=O) groups excluding carboxylic acids is 1. The number of piperidine rings is 1. The molecule has 5 nitrogen and oxygen atoms in total. The second-order valence-corrected chi connectivity index (χ2v) is 7.38. The van der Waals surface area contributed by atoms with Gasteiger partial charge < -0.3 is 10.2 Å². The number of amides is 1. The van der Waals surface area contributed by atoms with Crippen LogP contribution in [-0.2, 0) is 4.79 Å². The first kappa shape index (κ1) is 16.0. The molecule has 6 heteroatoms. The normalized spacial score (nSPS) is 17.6. The number of pyridine rings is 2. The number of hydrogen-bond donors (Lipinski definition) is 1. The number of aryl methyl sites for hydroxylation is 1. The molecule has 0 aromatic carbocycles. The quantitative estimate of drug-likeness (QED) is 0.778. The van der Waals surface area contributed by atoms with Crippen LogP contribution in [0.1, 0.15) is 18.4 Å². The standard InChI is InChI=1S/C19H20N4OS/c1-13-4-5-17(21-11-13)22-19(24)14-3-2-9-23(12-14)16-6-8-20-15-7-10-25-18(15)16/h4-8,10-11,14H,2-3,9,12H2,1H3,(H,21,22,24). The van der Waals surface area contributed by atoms with Crippen molar-refractivity contribution in [2.24, 2.45) is 5.92 Å². The molecule has 1 amide bonds. The van der Waals surface area contributed by atoms with Crippen LogP contribution < -0.4 is 10.2 Å². The first-order valence-corrected chi connectivity index (χ1v) is 9.39. The first-order valence-electron chi connectivity index (χ1n) is 8.51. The van der Waals surface area contributed by atoms with Gasteiger partial charge in [-0.2, -0.15) is 0 Å². The van der Waals surface area contributed by atoms with Crippen molar-refractivity contribution in [1.29, 1.82) is 0 Å². The van der Waals surface area contributed by atoms with E-state index in [0.717, 1.165) is 37.0 Å². The molecule has 1 N–H and O–H groups in total. The average Bonchev–Trinajstić information content (AvgIpc) is 3.12. The van der Waals surface area contributed by atoms with Gasteiger partial charge in [-0.3, -0.25) is 9.78 Å². The Morgan fingerprint density at radius 3 is 3.04 bits per heavy atom. The van der Waals surface area contributed by atoms with Crippen LogP contribution in [0.3, 0.4) is 0 Å². The highest BCUT2D eigenvalue weighted by molar-refractivity contribution is 7.17. The molecule has 0 spiro atoms. The molecule has 1 aliphatic rings. The highest BCUT2D eigenvalue weighted by atomic mass is 32.1. The Labute approximate surface area is 150 Å². The molecule has 0 saturated carbocycles. The third kappa shape index (κ3) is 3.35. The largest absolute Gasteiger partial charge is 0.369 e. The molecule has 1 unspecified atom stereocenters.